The molecule has 1 aromatic heterocycles. The van der Waals surface area contributed by atoms with Crippen molar-refractivity contribution in [3.63, 3.8) is 0 Å². The Labute approximate surface area is 160 Å². The van der Waals surface area contributed by atoms with Crippen molar-refractivity contribution in [3.05, 3.63) is 24.0 Å². The minimum Gasteiger partial charge on any atom is -0.356 e. The molecule has 0 saturated carbocycles. The highest BCUT2D eigenvalue weighted by molar-refractivity contribution is 7.89. The lowest BCUT2D eigenvalue weighted by Gasteiger charge is -2.27. The van der Waals surface area contributed by atoms with Gasteiger partial charge in [0.1, 0.15) is 5.82 Å². The number of rotatable bonds is 8. The van der Waals surface area contributed by atoms with Crippen molar-refractivity contribution in [2.24, 2.45) is 5.92 Å². The first kappa shape index (κ1) is 19.8. The van der Waals surface area contributed by atoms with Crippen LogP contribution in [0.1, 0.15) is 19.2 Å². The predicted octanol–water partition coefficient (Wildman–Crippen LogP) is 0.575. The number of fused-ring (bicyclic) bond motifs is 1. The standard InChI is InChI=1S/C18H27N5O3S/c1-4-23-16-6-5-14(27(25,26)22(2)3)9-15(16)21-17(23)7-8-18(24)20-12-13-10-19-11-13/h5-6,9,13,19H,4,7-8,10-12H2,1-3H3,(H,20,24). The van der Waals surface area contributed by atoms with Crippen molar-refractivity contribution in [2.45, 2.75) is 31.2 Å². The molecule has 1 amide bonds. The number of nitrogens with zero attached hydrogens (tertiary/aromatic N) is 3. The normalized spacial score (nSPS) is 15.3. The van der Waals surface area contributed by atoms with Gasteiger partial charge in [0.2, 0.25) is 15.9 Å². The van der Waals surface area contributed by atoms with E-state index in [4.69, 9.17) is 0 Å². The first-order valence-electron chi connectivity index (χ1n) is 9.22. The molecule has 0 aliphatic carbocycles. The highest BCUT2D eigenvalue weighted by Crippen LogP contribution is 2.22. The van der Waals surface area contributed by atoms with Crippen LogP contribution in [0, 0.1) is 5.92 Å². The summed E-state index contributed by atoms with van der Waals surface area (Å²) in [6.45, 7) is 5.36. The molecular formula is C18H27N5O3S. The molecule has 2 N–H and O–H groups in total. The summed E-state index contributed by atoms with van der Waals surface area (Å²) in [5.41, 5.74) is 1.52. The zero-order valence-corrected chi connectivity index (χ0v) is 16.8. The third-order valence-electron chi connectivity index (χ3n) is 4.92. The largest absolute Gasteiger partial charge is 0.356 e. The lowest BCUT2D eigenvalue weighted by molar-refractivity contribution is -0.121. The predicted molar refractivity (Wildman–Crippen MR) is 104 cm³/mol. The summed E-state index contributed by atoms with van der Waals surface area (Å²) < 4.78 is 27.9. The van der Waals surface area contributed by atoms with Crippen LogP contribution in [0.2, 0.25) is 0 Å². The minimum atomic E-state index is -3.50. The first-order valence-corrected chi connectivity index (χ1v) is 10.7. The van der Waals surface area contributed by atoms with E-state index in [1.54, 1.807) is 18.2 Å². The van der Waals surface area contributed by atoms with Crippen molar-refractivity contribution >= 4 is 27.0 Å². The summed E-state index contributed by atoms with van der Waals surface area (Å²) in [5.74, 6) is 1.35. The molecule has 3 rings (SSSR count). The van der Waals surface area contributed by atoms with E-state index in [9.17, 15) is 13.2 Å². The number of carbonyl (C=O) groups excluding carboxylic acids is 1. The van der Waals surface area contributed by atoms with Crippen LogP contribution >= 0.6 is 0 Å². The second-order valence-corrected chi connectivity index (χ2v) is 9.19. The van der Waals surface area contributed by atoms with E-state index >= 15 is 0 Å². The lowest BCUT2D eigenvalue weighted by Crippen LogP contribution is -2.48. The van der Waals surface area contributed by atoms with Gasteiger partial charge in [-0.2, -0.15) is 0 Å². The Morgan fingerprint density at radius 2 is 2.11 bits per heavy atom. The Kier molecular flexibility index (Phi) is 5.83. The van der Waals surface area contributed by atoms with Gasteiger partial charge in [0, 0.05) is 59.0 Å². The number of imidazole rings is 1. The molecule has 0 radical (unpaired) electrons. The molecule has 2 aromatic rings. The van der Waals surface area contributed by atoms with E-state index in [1.807, 2.05) is 11.5 Å². The van der Waals surface area contributed by atoms with Crippen LogP contribution in [0.5, 0.6) is 0 Å². The van der Waals surface area contributed by atoms with Crippen LogP contribution in [-0.2, 0) is 27.8 Å². The maximum Gasteiger partial charge on any atom is 0.242 e. The SMILES string of the molecule is CCn1c(CCC(=O)NCC2CNC2)nc2cc(S(=O)(=O)N(C)C)ccc21. The maximum atomic E-state index is 12.3. The van der Waals surface area contributed by atoms with E-state index in [0.717, 1.165) is 24.4 Å². The zero-order valence-electron chi connectivity index (χ0n) is 16.0. The van der Waals surface area contributed by atoms with Gasteiger partial charge in [0.25, 0.3) is 0 Å². The highest BCUT2D eigenvalue weighted by Gasteiger charge is 2.20. The van der Waals surface area contributed by atoms with Crippen molar-refractivity contribution in [3.8, 4) is 0 Å². The van der Waals surface area contributed by atoms with Gasteiger partial charge in [0.05, 0.1) is 15.9 Å². The van der Waals surface area contributed by atoms with Gasteiger partial charge in [-0.15, -0.1) is 0 Å². The molecule has 1 aromatic carbocycles. The molecule has 0 unspecified atom stereocenters. The number of hydrogen-bond acceptors (Lipinski definition) is 5. The average molecular weight is 394 g/mol. The quantitative estimate of drug-likeness (QED) is 0.684. The Morgan fingerprint density at radius 1 is 1.37 bits per heavy atom. The maximum absolute atomic E-state index is 12.3. The van der Waals surface area contributed by atoms with E-state index < -0.39 is 10.0 Å². The van der Waals surface area contributed by atoms with E-state index in [-0.39, 0.29) is 10.8 Å². The fourth-order valence-corrected chi connectivity index (χ4v) is 4.06. The summed E-state index contributed by atoms with van der Waals surface area (Å²) in [5, 5.41) is 6.15. The van der Waals surface area contributed by atoms with Crippen LogP contribution < -0.4 is 10.6 Å². The number of nitrogens with one attached hydrogen (secondary N) is 2. The second kappa shape index (κ2) is 7.95. The van der Waals surface area contributed by atoms with Gasteiger partial charge >= 0.3 is 0 Å². The smallest absolute Gasteiger partial charge is 0.242 e. The van der Waals surface area contributed by atoms with E-state index in [2.05, 4.69) is 15.6 Å². The van der Waals surface area contributed by atoms with Crippen molar-refractivity contribution in [1.29, 1.82) is 0 Å². The van der Waals surface area contributed by atoms with E-state index in [1.165, 1.54) is 18.4 Å². The number of hydrogen-bond donors (Lipinski definition) is 2. The molecule has 0 spiro atoms. The van der Waals surface area contributed by atoms with Crippen molar-refractivity contribution in [1.82, 2.24) is 24.5 Å². The lowest BCUT2D eigenvalue weighted by atomic mass is 10.0. The molecule has 2 heterocycles. The molecule has 0 bridgehead atoms. The fourth-order valence-electron chi connectivity index (χ4n) is 3.14. The Hall–Kier alpha value is -1.97. The third-order valence-corrected chi connectivity index (χ3v) is 6.73. The van der Waals surface area contributed by atoms with Crippen LogP contribution in [0.3, 0.4) is 0 Å². The summed E-state index contributed by atoms with van der Waals surface area (Å²) in [6, 6.07) is 4.99. The topological polar surface area (TPSA) is 96.3 Å². The van der Waals surface area contributed by atoms with Gasteiger partial charge in [-0.1, -0.05) is 0 Å². The first-order chi connectivity index (χ1) is 12.8. The van der Waals surface area contributed by atoms with Crippen LogP contribution in [0.25, 0.3) is 11.0 Å². The van der Waals surface area contributed by atoms with Crippen molar-refractivity contribution < 1.29 is 13.2 Å². The summed E-state index contributed by atoms with van der Waals surface area (Å²) in [7, 11) is -0.486. The van der Waals surface area contributed by atoms with Crippen LogP contribution in [0.4, 0.5) is 0 Å². The van der Waals surface area contributed by atoms with E-state index in [0.29, 0.717) is 37.4 Å². The Morgan fingerprint density at radius 3 is 2.70 bits per heavy atom. The molecule has 0 atom stereocenters. The van der Waals surface area contributed by atoms with Crippen molar-refractivity contribution in [2.75, 3.05) is 33.7 Å². The highest BCUT2D eigenvalue weighted by atomic mass is 32.2. The Bertz CT molecular complexity index is 932. The minimum absolute atomic E-state index is 0.0208. The Balaban J connectivity index is 1.75. The monoisotopic (exact) mass is 393 g/mol. The molecule has 1 fully saturated rings. The molecule has 1 saturated heterocycles. The number of amides is 1. The second-order valence-electron chi connectivity index (χ2n) is 7.04. The van der Waals surface area contributed by atoms with Gasteiger partial charge in [-0.05, 0) is 25.1 Å². The number of aromatic nitrogens is 2. The summed E-state index contributed by atoms with van der Waals surface area (Å²) >= 11 is 0. The third kappa shape index (κ3) is 4.15. The molecular weight excluding hydrogens is 366 g/mol. The molecule has 27 heavy (non-hydrogen) atoms. The van der Waals surface area contributed by atoms with Gasteiger partial charge < -0.3 is 15.2 Å². The number of benzene rings is 1. The van der Waals surface area contributed by atoms with Gasteiger partial charge in [-0.3, -0.25) is 4.79 Å². The number of aryl methyl sites for hydroxylation is 2. The summed E-state index contributed by atoms with van der Waals surface area (Å²) in [6.07, 6.45) is 0.888. The summed E-state index contributed by atoms with van der Waals surface area (Å²) in [4.78, 5) is 16.9. The molecule has 1 aliphatic heterocycles. The average Bonchev–Trinajstić information content (AvgIpc) is 2.95. The molecule has 8 nitrogen and oxygen atoms in total. The number of carbonyl (C=O) groups is 1. The van der Waals surface area contributed by atoms with Gasteiger partial charge in [0.15, 0.2) is 0 Å². The fraction of sp³-hybridized carbons (Fsp3) is 0.556. The molecule has 9 heteroatoms. The molecule has 1 aliphatic rings. The van der Waals surface area contributed by atoms with Crippen LogP contribution in [0.15, 0.2) is 23.1 Å². The number of sulfonamides is 1. The molecule has 148 valence electrons. The van der Waals surface area contributed by atoms with Crippen LogP contribution in [-0.4, -0.2) is 61.9 Å². The zero-order chi connectivity index (χ0) is 19.6. The van der Waals surface area contributed by atoms with Gasteiger partial charge in [-0.25, -0.2) is 17.7 Å².